The zero-order chi connectivity index (χ0) is 16.6. The van der Waals surface area contributed by atoms with Crippen LogP contribution in [0.3, 0.4) is 0 Å². The van der Waals surface area contributed by atoms with Crippen molar-refractivity contribution in [1.82, 2.24) is 24.7 Å². The minimum absolute atomic E-state index is 0.0202. The van der Waals surface area contributed by atoms with Crippen molar-refractivity contribution in [2.45, 2.75) is 40.2 Å². The van der Waals surface area contributed by atoms with Crippen LogP contribution in [0.1, 0.15) is 44.0 Å². The molecule has 0 spiro atoms. The first kappa shape index (κ1) is 15.9. The molecule has 6 nitrogen and oxygen atoms in total. The molecule has 3 rings (SSSR count). The molecule has 0 aliphatic heterocycles. The molecule has 1 unspecified atom stereocenters. The fourth-order valence-electron chi connectivity index (χ4n) is 2.76. The van der Waals surface area contributed by atoms with Crippen LogP contribution in [0.25, 0.3) is 10.2 Å². The number of rotatable bonds is 5. The van der Waals surface area contributed by atoms with Crippen molar-refractivity contribution in [1.29, 1.82) is 0 Å². The van der Waals surface area contributed by atoms with Gasteiger partial charge in [0, 0.05) is 7.05 Å². The van der Waals surface area contributed by atoms with Gasteiger partial charge in [-0.3, -0.25) is 0 Å². The Labute approximate surface area is 140 Å². The normalized spacial score (nSPS) is 13.0. The van der Waals surface area contributed by atoms with E-state index in [1.165, 1.54) is 5.56 Å². The van der Waals surface area contributed by atoms with Crippen molar-refractivity contribution in [3.05, 3.63) is 28.9 Å². The van der Waals surface area contributed by atoms with Gasteiger partial charge in [-0.1, -0.05) is 13.8 Å². The summed E-state index contributed by atoms with van der Waals surface area (Å²) in [6.07, 6.45) is 2.74. The van der Waals surface area contributed by atoms with Gasteiger partial charge < -0.3 is 9.88 Å². The first-order valence-corrected chi connectivity index (χ1v) is 8.68. The van der Waals surface area contributed by atoms with E-state index in [0.717, 1.165) is 34.1 Å². The highest BCUT2D eigenvalue weighted by Crippen LogP contribution is 2.33. The number of aryl methyl sites for hydroxylation is 2. The van der Waals surface area contributed by atoms with Gasteiger partial charge in [0.25, 0.3) is 0 Å². The molecule has 0 fully saturated rings. The molecular weight excluding hydrogens is 308 g/mol. The molecule has 23 heavy (non-hydrogen) atoms. The van der Waals surface area contributed by atoms with Gasteiger partial charge in [0.05, 0.1) is 11.4 Å². The maximum Gasteiger partial charge on any atom is 0.154 e. The molecule has 0 bridgehead atoms. The molecule has 0 radical (unpaired) electrons. The minimum Gasteiger partial charge on any atom is -0.360 e. The van der Waals surface area contributed by atoms with E-state index >= 15 is 0 Å². The minimum atomic E-state index is 0.0202. The van der Waals surface area contributed by atoms with Crippen LogP contribution in [0.4, 0.5) is 5.82 Å². The van der Waals surface area contributed by atoms with Crippen LogP contribution in [0.2, 0.25) is 0 Å². The highest BCUT2D eigenvalue weighted by molar-refractivity contribution is 7.17. The highest BCUT2D eigenvalue weighted by Gasteiger charge is 2.18. The van der Waals surface area contributed by atoms with Crippen LogP contribution < -0.4 is 5.32 Å². The van der Waals surface area contributed by atoms with E-state index in [4.69, 9.17) is 0 Å². The summed E-state index contributed by atoms with van der Waals surface area (Å²) in [5.41, 5.74) is 1.31. The second-order valence-electron chi connectivity index (χ2n) is 6.32. The van der Waals surface area contributed by atoms with Gasteiger partial charge >= 0.3 is 0 Å². The van der Waals surface area contributed by atoms with Gasteiger partial charge in [0.1, 0.15) is 22.8 Å². The summed E-state index contributed by atoms with van der Waals surface area (Å²) in [7, 11) is 1.95. The molecule has 3 aromatic heterocycles. The first-order valence-electron chi connectivity index (χ1n) is 7.80. The zero-order valence-electron chi connectivity index (χ0n) is 14.2. The number of hydrogen-bond acceptors (Lipinski definition) is 6. The smallest absolute Gasteiger partial charge is 0.154 e. The molecule has 1 atom stereocenters. The van der Waals surface area contributed by atoms with Gasteiger partial charge in [-0.15, -0.1) is 21.5 Å². The Kier molecular flexibility index (Phi) is 4.30. The molecule has 0 amide bonds. The highest BCUT2D eigenvalue weighted by atomic mass is 32.1. The van der Waals surface area contributed by atoms with E-state index in [2.05, 4.69) is 51.6 Å². The predicted octanol–water partition coefficient (Wildman–Crippen LogP) is 3.50. The van der Waals surface area contributed by atoms with Crippen LogP contribution in [-0.2, 0) is 13.5 Å². The molecule has 7 heteroatoms. The van der Waals surface area contributed by atoms with Gasteiger partial charge in [-0.05, 0) is 37.1 Å². The van der Waals surface area contributed by atoms with E-state index in [0.29, 0.717) is 5.92 Å². The molecule has 0 aliphatic carbocycles. The van der Waals surface area contributed by atoms with E-state index in [9.17, 15) is 0 Å². The third-order valence-corrected chi connectivity index (χ3v) is 4.66. The Morgan fingerprint density at radius 1 is 1.26 bits per heavy atom. The molecule has 0 aromatic carbocycles. The lowest BCUT2D eigenvalue weighted by molar-refractivity contribution is 0.651. The van der Waals surface area contributed by atoms with E-state index in [-0.39, 0.29) is 6.04 Å². The second-order valence-corrected chi connectivity index (χ2v) is 7.18. The first-order chi connectivity index (χ1) is 11.0. The Hall–Kier alpha value is -2.02. The molecule has 0 saturated carbocycles. The third kappa shape index (κ3) is 3.19. The number of nitrogens with one attached hydrogen (secondary N) is 1. The zero-order valence-corrected chi connectivity index (χ0v) is 15.0. The molecule has 3 heterocycles. The summed E-state index contributed by atoms with van der Waals surface area (Å²) in [6, 6.07) is 0.0202. The lowest BCUT2D eigenvalue weighted by Crippen LogP contribution is -2.14. The molecular formula is C16H22N6S. The number of thiophene rings is 1. The van der Waals surface area contributed by atoms with Crippen LogP contribution in [0.15, 0.2) is 11.7 Å². The summed E-state index contributed by atoms with van der Waals surface area (Å²) in [6.45, 7) is 8.46. The number of aromatic nitrogens is 5. The quantitative estimate of drug-likeness (QED) is 0.775. The standard InChI is InChI=1S/C16H22N6S/c1-9(2)6-12-7-23-16-13(12)14(19-11(4)20-16)18-10(3)15-21-17-8-22(15)5/h7-10H,6H2,1-5H3,(H,18,19,20). The average molecular weight is 330 g/mol. The number of anilines is 1. The second kappa shape index (κ2) is 6.23. The lowest BCUT2D eigenvalue weighted by atomic mass is 10.0. The van der Waals surface area contributed by atoms with E-state index in [1.807, 2.05) is 18.5 Å². The summed E-state index contributed by atoms with van der Waals surface area (Å²) in [5, 5.41) is 15.0. The lowest BCUT2D eigenvalue weighted by Gasteiger charge is -2.15. The summed E-state index contributed by atoms with van der Waals surface area (Å²) in [5.74, 6) is 3.15. The van der Waals surface area contributed by atoms with Crippen molar-refractivity contribution >= 4 is 27.4 Å². The van der Waals surface area contributed by atoms with Crippen LogP contribution >= 0.6 is 11.3 Å². The van der Waals surface area contributed by atoms with Gasteiger partial charge in [-0.2, -0.15) is 0 Å². The van der Waals surface area contributed by atoms with Crippen molar-refractivity contribution in [3.8, 4) is 0 Å². The fourth-order valence-corrected chi connectivity index (χ4v) is 3.75. The molecule has 3 aromatic rings. The van der Waals surface area contributed by atoms with Crippen molar-refractivity contribution in [2.75, 3.05) is 5.32 Å². The summed E-state index contributed by atoms with van der Waals surface area (Å²) in [4.78, 5) is 10.3. The Bertz CT molecular complexity index is 819. The number of fused-ring (bicyclic) bond motifs is 1. The van der Waals surface area contributed by atoms with Gasteiger partial charge in [0.15, 0.2) is 5.82 Å². The van der Waals surface area contributed by atoms with Crippen LogP contribution in [0, 0.1) is 12.8 Å². The average Bonchev–Trinajstić information content (AvgIpc) is 3.05. The van der Waals surface area contributed by atoms with Gasteiger partial charge in [0.2, 0.25) is 0 Å². The van der Waals surface area contributed by atoms with Crippen molar-refractivity contribution in [2.24, 2.45) is 13.0 Å². The third-order valence-electron chi connectivity index (χ3n) is 3.74. The molecule has 1 N–H and O–H groups in total. The summed E-state index contributed by atoms with van der Waals surface area (Å²) < 4.78 is 1.92. The summed E-state index contributed by atoms with van der Waals surface area (Å²) >= 11 is 1.69. The van der Waals surface area contributed by atoms with E-state index < -0.39 is 0 Å². The number of nitrogens with zero attached hydrogens (tertiary/aromatic N) is 5. The Balaban J connectivity index is 2.01. The maximum absolute atomic E-state index is 4.65. The van der Waals surface area contributed by atoms with E-state index in [1.54, 1.807) is 17.7 Å². The Morgan fingerprint density at radius 3 is 2.70 bits per heavy atom. The van der Waals surface area contributed by atoms with Crippen LogP contribution in [0.5, 0.6) is 0 Å². The monoisotopic (exact) mass is 330 g/mol. The molecule has 122 valence electrons. The van der Waals surface area contributed by atoms with Crippen molar-refractivity contribution < 1.29 is 0 Å². The molecule has 0 aliphatic rings. The van der Waals surface area contributed by atoms with Crippen molar-refractivity contribution in [3.63, 3.8) is 0 Å². The SMILES string of the molecule is Cc1nc(NC(C)c2nncn2C)c2c(CC(C)C)csc2n1. The fraction of sp³-hybridized carbons (Fsp3) is 0.500. The largest absolute Gasteiger partial charge is 0.360 e. The topological polar surface area (TPSA) is 68.5 Å². The number of hydrogen-bond donors (Lipinski definition) is 1. The Morgan fingerprint density at radius 2 is 2.04 bits per heavy atom. The van der Waals surface area contributed by atoms with Crippen LogP contribution in [-0.4, -0.2) is 24.7 Å². The molecule has 0 saturated heterocycles. The van der Waals surface area contributed by atoms with Gasteiger partial charge in [-0.25, -0.2) is 9.97 Å². The predicted molar refractivity (Wildman–Crippen MR) is 93.7 cm³/mol. The maximum atomic E-state index is 4.65.